The number of halogens is 2. The Morgan fingerprint density at radius 1 is 1.50 bits per heavy atom. The molecule has 5 heteroatoms. The summed E-state index contributed by atoms with van der Waals surface area (Å²) in [6, 6.07) is 7.07. The van der Waals surface area contributed by atoms with Gasteiger partial charge in [0.25, 0.3) is 0 Å². The first-order valence-electron chi connectivity index (χ1n) is 5.02. The van der Waals surface area contributed by atoms with Crippen LogP contribution in [0, 0.1) is 0 Å². The fourth-order valence-electron chi connectivity index (χ4n) is 1.57. The second-order valence-corrected chi connectivity index (χ2v) is 4.48. The molecule has 1 unspecified atom stereocenters. The molecule has 0 aliphatic carbocycles. The minimum Gasteiger partial charge on any atom is -0.409 e. The van der Waals surface area contributed by atoms with Crippen LogP contribution in [0.25, 0.3) is 0 Å². The van der Waals surface area contributed by atoms with Gasteiger partial charge in [0.1, 0.15) is 11.9 Å². The van der Waals surface area contributed by atoms with Gasteiger partial charge in [-0.1, -0.05) is 12.1 Å². The lowest BCUT2D eigenvalue weighted by Crippen LogP contribution is -2.31. The van der Waals surface area contributed by atoms with E-state index in [1.807, 2.05) is 6.07 Å². The van der Waals surface area contributed by atoms with E-state index in [9.17, 15) is 9.18 Å². The number of benzene rings is 1. The number of hydrogen-bond acceptors (Lipinski definition) is 2. The Balaban J connectivity index is 2.00. The van der Waals surface area contributed by atoms with Crippen LogP contribution in [0.3, 0.4) is 0 Å². The molecule has 1 fully saturated rings. The van der Waals surface area contributed by atoms with Crippen molar-refractivity contribution < 1.29 is 13.9 Å². The standard InChI is InChI=1S/C11H11BrFNO2/c12-9-3-1-2-4-10(9)16-11(15)14-6-5-8(13)7-14/h1-4,8H,5-7H2. The van der Waals surface area contributed by atoms with Crippen molar-refractivity contribution in [1.29, 1.82) is 0 Å². The molecule has 86 valence electrons. The molecule has 0 saturated carbocycles. The summed E-state index contributed by atoms with van der Waals surface area (Å²) in [6.07, 6.45) is -1.02. The van der Waals surface area contributed by atoms with Crippen LogP contribution in [-0.4, -0.2) is 30.3 Å². The first-order valence-corrected chi connectivity index (χ1v) is 5.81. The van der Waals surface area contributed by atoms with E-state index in [0.29, 0.717) is 23.2 Å². The summed E-state index contributed by atoms with van der Waals surface area (Å²) in [5.74, 6) is 0.454. The predicted molar refractivity (Wildman–Crippen MR) is 61.3 cm³/mol. The van der Waals surface area contributed by atoms with Crippen molar-refractivity contribution in [2.45, 2.75) is 12.6 Å². The van der Waals surface area contributed by atoms with Crippen LogP contribution in [0.15, 0.2) is 28.7 Å². The Bertz CT molecular complexity index is 399. The van der Waals surface area contributed by atoms with E-state index in [1.165, 1.54) is 4.90 Å². The summed E-state index contributed by atoms with van der Waals surface area (Å²) in [5.41, 5.74) is 0. The highest BCUT2D eigenvalue weighted by molar-refractivity contribution is 9.10. The average molecular weight is 288 g/mol. The first-order chi connectivity index (χ1) is 7.66. The minimum atomic E-state index is -0.924. The van der Waals surface area contributed by atoms with E-state index in [2.05, 4.69) is 15.9 Å². The molecule has 0 bridgehead atoms. The highest BCUT2D eigenvalue weighted by atomic mass is 79.9. The van der Waals surface area contributed by atoms with Crippen molar-refractivity contribution in [3.8, 4) is 5.75 Å². The smallest absolute Gasteiger partial charge is 0.409 e. The van der Waals surface area contributed by atoms with Crippen molar-refractivity contribution >= 4 is 22.0 Å². The number of hydrogen-bond donors (Lipinski definition) is 0. The second-order valence-electron chi connectivity index (χ2n) is 3.63. The van der Waals surface area contributed by atoms with Crippen LogP contribution in [0.4, 0.5) is 9.18 Å². The second kappa shape index (κ2) is 4.82. The molecule has 0 N–H and O–H groups in total. The molecule has 16 heavy (non-hydrogen) atoms. The topological polar surface area (TPSA) is 29.5 Å². The maximum Gasteiger partial charge on any atom is 0.415 e. The number of rotatable bonds is 1. The molecule has 1 saturated heterocycles. The zero-order chi connectivity index (χ0) is 11.5. The Kier molecular flexibility index (Phi) is 3.43. The van der Waals surface area contributed by atoms with Crippen LogP contribution >= 0.6 is 15.9 Å². The van der Waals surface area contributed by atoms with Gasteiger partial charge in [0.2, 0.25) is 0 Å². The molecular formula is C11H11BrFNO2. The molecule has 1 aliphatic heterocycles. The van der Waals surface area contributed by atoms with Gasteiger partial charge in [0.05, 0.1) is 11.0 Å². The number of amides is 1. The van der Waals surface area contributed by atoms with E-state index >= 15 is 0 Å². The largest absolute Gasteiger partial charge is 0.415 e. The van der Waals surface area contributed by atoms with E-state index in [-0.39, 0.29) is 6.54 Å². The van der Waals surface area contributed by atoms with E-state index in [4.69, 9.17) is 4.74 Å². The lowest BCUT2D eigenvalue weighted by atomic mass is 10.3. The maximum atomic E-state index is 12.9. The third kappa shape index (κ3) is 2.52. The van der Waals surface area contributed by atoms with Crippen LogP contribution in [-0.2, 0) is 0 Å². The summed E-state index contributed by atoms with van der Waals surface area (Å²) in [5, 5.41) is 0. The van der Waals surface area contributed by atoms with Gasteiger partial charge in [-0.3, -0.25) is 0 Å². The van der Waals surface area contributed by atoms with Gasteiger partial charge in [-0.15, -0.1) is 0 Å². The summed E-state index contributed by atoms with van der Waals surface area (Å²) < 4.78 is 18.8. The van der Waals surface area contributed by atoms with Crippen LogP contribution < -0.4 is 4.74 Å². The third-order valence-corrected chi connectivity index (χ3v) is 3.08. The van der Waals surface area contributed by atoms with Crippen molar-refractivity contribution in [3.63, 3.8) is 0 Å². The molecular weight excluding hydrogens is 277 g/mol. The fourth-order valence-corrected chi connectivity index (χ4v) is 1.94. The van der Waals surface area contributed by atoms with E-state index in [0.717, 1.165) is 0 Å². The number of carbonyl (C=O) groups is 1. The van der Waals surface area contributed by atoms with Gasteiger partial charge >= 0.3 is 6.09 Å². The number of alkyl halides is 1. The zero-order valence-corrected chi connectivity index (χ0v) is 10.1. The van der Waals surface area contributed by atoms with Crippen LogP contribution in [0.5, 0.6) is 5.75 Å². The van der Waals surface area contributed by atoms with E-state index < -0.39 is 12.3 Å². The van der Waals surface area contributed by atoms with Gasteiger partial charge < -0.3 is 9.64 Å². The molecule has 0 spiro atoms. The van der Waals surface area contributed by atoms with Crippen LogP contribution in [0.2, 0.25) is 0 Å². The highest BCUT2D eigenvalue weighted by Gasteiger charge is 2.27. The highest BCUT2D eigenvalue weighted by Crippen LogP contribution is 2.25. The Hall–Kier alpha value is -1.10. The summed E-state index contributed by atoms with van der Waals surface area (Å²) in [7, 11) is 0. The summed E-state index contributed by atoms with van der Waals surface area (Å²) in [6.45, 7) is 0.549. The summed E-state index contributed by atoms with van der Waals surface area (Å²) >= 11 is 3.28. The van der Waals surface area contributed by atoms with E-state index in [1.54, 1.807) is 18.2 Å². The molecule has 3 nitrogen and oxygen atoms in total. The van der Waals surface area contributed by atoms with Crippen molar-refractivity contribution in [2.24, 2.45) is 0 Å². The molecule has 1 atom stereocenters. The van der Waals surface area contributed by atoms with Gasteiger partial charge in [-0.25, -0.2) is 9.18 Å². The molecule has 1 amide bonds. The Labute approximate surface area is 101 Å². The molecule has 0 radical (unpaired) electrons. The van der Waals surface area contributed by atoms with Crippen LogP contribution in [0.1, 0.15) is 6.42 Å². The van der Waals surface area contributed by atoms with Crippen molar-refractivity contribution in [1.82, 2.24) is 4.90 Å². The number of carbonyl (C=O) groups excluding carboxylic acids is 1. The Morgan fingerprint density at radius 3 is 2.88 bits per heavy atom. The fraction of sp³-hybridized carbons (Fsp3) is 0.364. The molecule has 2 rings (SSSR count). The maximum absolute atomic E-state index is 12.9. The number of para-hydroxylation sites is 1. The SMILES string of the molecule is O=C(Oc1ccccc1Br)N1CCC(F)C1. The van der Waals surface area contributed by atoms with Crippen molar-refractivity contribution in [2.75, 3.05) is 13.1 Å². The summed E-state index contributed by atoms with van der Waals surface area (Å²) in [4.78, 5) is 13.0. The lowest BCUT2D eigenvalue weighted by Gasteiger charge is -2.15. The van der Waals surface area contributed by atoms with Gasteiger partial charge in [0.15, 0.2) is 0 Å². The molecule has 1 heterocycles. The van der Waals surface area contributed by atoms with Gasteiger partial charge in [0, 0.05) is 6.54 Å². The number of nitrogens with zero attached hydrogens (tertiary/aromatic N) is 1. The molecule has 0 aromatic heterocycles. The Morgan fingerprint density at radius 2 is 2.25 bits per heavy atom. The van der Waals surface area contributed by atoms with Gasteiger partial charge in [-0.2, -0.15) is 0 Å². The molecule has 1 aromatic carbocycles. The predicted octanol–water partition coefficient (Wildman–Crippen LogP) is 2.99. The average Bonchev–Trinajstić information content (AvgIpc) is 2.68. The first kappa shape index (κ1) is 11.4. The molecule has 1 aromatic rings. The zero-order valence-electron chi connectivity index (χ0n) is 8.53. The third-order valence-electron chi connectivity index (χ3n) is 2.42. The monoisotopic (exact) mass is 287 g/mol. The minimum absolute atomic E-state index is 0.128. The quantitative estimate of drug-likeness (QED) is 0.795. The number of ether oxygens (including phenoxy) is 1. The van der Waals surface area contributed by atoms with Crippen molar-refractivity contribution in [3.05, 3.63) is 28.7 Å². The van der Waals surface area contributed by atoms with Gasteiger partial charge in [-0.05, 0) is 34.5 Å². The molecule has 1 aliphatic rings. The normalized spacial score (nSPS) is 19.9. The number of likely N-dealkylation sites (tertiary alicyclic amines) is 1. The lowest BCUT2D eigenvalue weighted by molar-refractivity contribution is 0.159.